The van der Waals surface area contributed by atoms with Gasteiger partial charge in [0.15, 0.2) is 0 Å². The molecule has 3 aromatic heterocycles. The lowest BCUT2D eigenvalue weighted by Crippen LogP contribution is -2.22. The SMILES string of the molecule is O=c1[nH]c2c(-c3cccs3)cnn2c(O)c1CC(F)(F)F. The van der Waals surface area contributed by atoms with E-state index in [1.807, 2.05) is 5.38 Å². The summed E-state index contributed by atoms with van der Waals surface area (Å²) in [4.78, 5) is 14.9. The molecule has 0 saturated heterocycles. The van der Waals surface area contributed by atoms with Gasteiger partial charge in [-0.05, 0) is 11.4 Å². The highest BCUT2D eigenvalue weighted by atomic mass is 32.1. The number of aromatic nitrogens is 3. The van der Waals surface area contributed by atoms with Crippen LogP contribution in [0.15, 0.2) is 28.5 Å². The Kier molecular flexibility index (Phi) is 3.01. The molecule has 3 heterocycles. The van der Waals surface area contributed by atoms with Crippen molar-refractivity contribution in [3.05, 3.63) is 39.6 Å². The number of nitrogens with one attached hydrogen (secondary N) is 1. The van der Waals surface area contributed by atoms with Crippen molar-refractivity contribution in [2.75, 3.05) is 0 Å². The molecule has 21 heavy (non-hydrogen) atoms. The highest BCUT2D eigenvalue weighted by Crippen LogP contribution is 2.30. The number of thiophene rings is 1. The fraction of sp³-hybridized carbons (Fsp3) is 0.167. The van der Waals surface area contributed by atoms with Crippen LogP contribution in [-0.4, -0.2) is 25.9 Å². The zero-order valence-corrected chi connectivity index (χ0v) is 11.1. The average Bonchev–Trinajstić information content (AvgIpc) is 3.01. The maximum absolute atomic E-state index is 12.4. The van der Waals surface area contributed by atoms with E-state index in [0.717, 1.165) is 9.39 Å². The van der Waals surface area contributed by atoms with Crippen LogP contribution in [0.25, 0.3) is 16.1 Å². The number of hydrogen-bond donors (Lipinski definition) is 2. The third-order valence-corrected chi connectivity index (χ3v) is 3.81. The molecule has 0 spiro atoms. The first-order valence-electron chi connectivity index (χ1n) is 5.79. The summed E-state index contributed by atoms with van der Waals surface area (Å²) in [5, 5.41) is 15.5. The van der Waals surface area contributed by atoms with E-state index in [1.165, 1.54) is 17.5 Å². The van der Waals surface area contributed by atoms with Gasteiger partial charge in [-0.3, -0.25) is 4.79 Å². The second-order valence-corrected chi connectivity index (χ2v) is 5.29. The van der Waals surface area contributed by atoms with E-state index < -0.39 is 29.6 Å². The standard InChI is InChI=1S/C12H8F3N3O2S/c13-12(14,15)4-6-10(19)17-9-7(8-2-1-3-21-8)5-16-18(9)11(6)20/h1-3,5,20H,4H2,(H,17,19). The Labute approximate surface area is 119 Å². The van der Waals surface area contributed by atoms with Gasteiger partial charge in [0.1, 0.15) is 5.65 Å². The number of hydrogen-bond acceptors (Lipinski definition) is 4. The number of alkyl halides is 3. The van der Waals surface area contributed by atoms with E-state index in [2.05, 4.69) is 10.1 Å². The number of aromatic amines is 1. The third-order valence-electron chi connectivity index (χ3n) is 2.91. The Hall–Kier alpha value is -2.29. The van der Waals surface area contributed by atoms with E-state index in [9.17, 15) is 23.1 Å². The molecule has 0 saturated carbocycles. The molecule has 3 rings (SSSR count). The molecule has 0 aromatic carbocycles. The van der Waals surface area contributed by atoms with Gasteiger partial charge in [-0.1, -0.05) is 6.07 Å². The van der Waals surface area contributed by atoms with Crippen LogP contribution in [0, 0.1) is 0 Å². The Morgan fingerprint density at radius 3 is 2.81 bits per heavy atom. The van der Waals surface area contributed by atoms with Gasteiger partial charge in [0, 0.05) is 4.88 Å². The van der Waals surface area contributed by atoms with Crippen LogP contribution in [0.3, 0.4) is 0 Å². The van der Waals surface area contributed by atoms with Crippen molar-refractivity contribution < 1.29 is 18.3 Å². The van der Waals surface area contributed by atoms with E-state index in [1.54, 1.807) is 12.1 Å². The number of rotatable bonds is 2. The molecule has 0 radical (unpaired) electrons. The minimum atomic E-state index is -4.60. The number of fused-ring (bicyclic) bond motifs is 1. The van der Waals surface area contributed by atoms with Gasteiger partial charge in [0.2, 0.25) is 5.88 Å². The largest absolute Gasteiger partial charge is 0.493 e. The zero-order chi connectivity index (χ0) is 15.2. The van der Waals surface area contributed by atoms with Crippen LogP contribution in [0.4, 0.5) is 13.2 Å². The quantitative estimate of drug-likeness (QED) is 0.763. The molecule has 9 heteroatoms. The summed E-state index contributed by atoms with van der Waals surface area (Å²) >= 11 is 1.38. The second-order valence-electron chi connectivity index (χ2n) is 4.34. The van der Waals surface area contributed by atoms with Crippen molar-refractivity contribution in [2.45, 2.75) is 12.6 Å². The number of H-pyrrole nitrogens is 1. The van der Waals surface area contributed by atoms with Crippen molar-refractivity contribution in [3.63, 3.8) is 0 Å². The van der Waals surface area contributed by atoms with Gasteiger partial charge in [0.25, 0.3) is 5.56 Å². The van der Waals surface area contributed by atoms with Crippen LogP contribution in [0.2, 0.25) is 0 Å². The molecular weight excluding hydrogens is 307 g/mol. The molecule has 0 atom stereocenters. The topological polar surface area (TPSA) is 70.4 Å². The maximum atomic E-state index is 12.4. The van der Waals surface area contributed by atoms with Gasteiger partial charge >= 0.3 is 6.18 Å². The van der Waals surface area contributed by atoms with E-state index >= 15 is 0 Å². The summed E-state index contributed by atoms with van der Waals surface area (Å²) in [6.45, 7) is 0. The third kappa shape index (κ3) is 2.40. The number of aromatic hydroxyl groups is 1. The van der Waals surface area contributed by atoms with Gasteiger partial charge < -0.3 is 10.1 Å². The number of halogens is 3. The number of nitrogens with zero attached hydrogens (tertiary/aromatic N) is 2. The highest BCUT2D eigenvalue weighted by molar-refractivity contribution is 7.13. The Balaban J connectivity index is 2.22. The Morgan fingerprint density at radius 1 is 1.43 bits per heavy atom. The lowest BCUT2D eigenvalue weighted by atomic mass is 10.2. The predicted octanol–water partition coefficient (Wildman–Crippen LogP) is 2.56. The summed E-state index contributed by atoms with van der Waals surface area (Å²) in [5.41, 5.74) is -1.03. The summed E-state index contributed by atoms with van der Waals surface area (Å²) in [5.74, 6) is -0.797. The van der Waals surface area contributed by atoms with Crippen LogP contribution >= 0.6 is 11.3 Å². The summed E-state index contributed by atoms with van der Waals surface area (Å²) < 4.78 is 38.2. The van der Waals surface area contributed by atoms with Gasteiger partial charge in [0.05, 0.1) is 23.7 Å². The molecule has 0 bridgehead atoms. The van der Waals surface area contributed by atoms with Gasteiger partial charge in [-0.25, -0.2) is 0 Å². The molecule has 0 aliphatic heterocycles. The van der Waals surface area contributed by atoms with E-state index in [0.29, 0.717) is 5.56 Å². The molecular formula is C12H8F3N3O2S. The first-order chi connectivity index (χ1) is 9.87. The zero-order valence-electron chi connectivity index (χ0n) is 10.3. The van der Waals surface area contributed by atoms with Crippen molar-refractivity contribution in [1.29, 1.82) is 0 Å². The van der Waals surface area contributed by atoms with E-state index in [-0.39, 0.29) is 5.65 Å². The summed E-state index contributed by atoms with van der Waals surface area (Å²) in [6, 6.07) is 3.57. The van der Waals surface area contributed by atoms with Crippen LogP contribution < -0.4 is 5.56 Å². The molecule has 2 N–H and O–H groups in total. The highest BCUT2D eigenvalue weighted by Gasteiger charge is 2.32. The first-order valence-corrected chi connectivity index (χ1v) is 6.67. The average molecular weight is 315 g/mol. The van der Waals surface area contributed by atoms with Crippen LogP contribution in [0.1, 0.15) is 5.56 Å². The lowest BCUT2D eigenvalue weighted by Gasteiger charge is -2.08. The second kappa shape index (κ2) is 4.62. The molecule has 0 fully saturated rings. The first kappa shape index (κ1) is 13.7. The molecule has 110 valence electrons. The predicted molar refractivity (Wildman–Crippen MR) is 70.5 cm³/mol. The maximum Gasteiger partial charge on any atom is 0.393 e. The molecule has 0 aliphatic carbocycles. The molecule has 5 nitrogen and oxygen atoms in total. The lowest BCUT2D eigenvalue weighted by molar-refractivity contribution is -0.127. The van der Waals surface area contributed by atoms with E-state index in [4.69, 9.17) is 0 Å². The normalized spacial score (nSPS) is 12.1. The summed E-state index contributed by atoms with van der Waals surface area (Å²) in [7, 11) is 0. The van der Waals surface area contributed by atoms with Crippen molar-refractivity contribution in [2.24, 2.45) is 0 Å². The van der Waals surface area contributed by atoms with Crippen molar-refractivity contribution >= 4 is 17.0 Å². The monoisotopic (exact) mass is 315 g/mol. The van der Waals surface area contributed by atoms with Gasteiger partial charge in [-0.2, -0.15) is 22.8 Å². The summed E-state index contributed by atoms with van der Waals surface area (Å²) in [6.07, 6.45) is -4.73. The van der Waals surface area contributed by atoms with Crippen LogP contribution in [-0.2, 0) is 6.42 Å². The minimum Gasteiger partial charge on any atom is -0.493 e. The van der Waals surface area contributed by atoms with Crippen molar-refractivity contribution in [3.8, 4) is 16.3 Å². The Bertz CT molecular complexity index is 849. The van der Waals surface area contributed by atoms with Crippen molar-refractivity contribution in [1.82, 2.24) is 14.6 Å². The fourth-order valence-electron chi connectivity index (χ4n) is 2.01. The molecule has 0 amide bonds. The fourth-order valence-corrected chi connectivity index (χ4v) is 2.75. The smallest absolute Gasteiger partial charge is 0.393 e. The molecule has 0 unspecified atom stereocenters. The molecule has 0 aliphatic rings. The van der Waals surface area contributed by atoms with Crippen LogP contribution in [0.5, 0.6) is 5.88 Å². The minimum absolute atomic E-state index is 0.158. The molecule has 3 aromatic rings. The van der Waals surface area contributed by atoms with Gasteiger partial charge in [-0.15, -0.1) is 11.3 Å². The Morgan fingerprint density at radius 2 is 2.19 bits per heavy atom.